The lowest BCUT2D eigenvalue weighted by Gasteiger charge is -2.08. The molecule has 2 N–H and O–H groups in total. The molecule has 0 saturated heterocycles. The SMILES string of the molecule is O=C(NCc1cccc(NC(=O)C2CC2)c1)c1cccc(F)c1. The van der Waals surface area contributed by atoms with Crippen molar-refractivity contribution in [2.24, 2.45) is 5.92 Å². The highest BCUT2D eigenvalue weighted by molar-refractivity contribution is 5.94. The van der Waals surface area contributed by atoms with Crippen LogP contribution in [-0.2, 0) is 11.3 Å². The lowest BCUT2D eigenvalue weighted by atomic mass is 10.1. The first-order valence-corrected chi connectivity index (χ1v) is 7.55. The Bertz CT molecular complexity index is 741. The Balaban J connectivity index is 1.59. The number of hydrogen-bond acceptors (Lipinski definition) is 2. The molecule has 0 aliphatic heterocycles. The predicted octanol–water partition coefficient (Wildman–Crippen LogP) is 3.10. The van der Waals surface area contributed by atoms with Crippen LogP contribution in [0.5, 0.6) is 0 Å². The summed E-state index contributed by atoms with van der Waals surface area (Å²) < 4.78 is 13.1. The summed E-state index contributed by atoms with van der Waals surface area (Å²) in [6.45, 7) is 0.308. The topological polar surface area (TPSA) is 58.2 Å². The smallest absolute Gasteiger partial charge is 0.251 e. The van der Waals surface area contributed by atoms with E-state index in [4.69, 9.17) is 0 Å². The van der Waals surface area contributed by atoms with Gasteiger partial charge < -0.3 is 10.6 Å². The maximum absolute atomic E-state index is 13.1. The van der Waals surface area contributed by atoms with Crippen LogP contribution >= 0.6 is 0 Å². The molecule has 1 aliphatic carbocycles. The van der Waals surface area contributed by atoms with E-state index in [0.717, 1.165) is 24.1 Å². The van der Waals surface area contributed by atoms with Crippen LogP contribution in [0.25, 0.3) is 0 Å². The number of anilines is 1. The zero-order chi connectivity index (χ0) is 16.2. The van der Waals surface area contributed by atoms with Crippen molar-refractivity contribution in [1.82, 2.24) is 5.32 Å². The first-order valence-electron chi connectivity index (χ1n) is 7.55. The Labute approximate surface area is 133 Å². The third kappa shape index (κ3) is 4.16. The fourth-order valence-corrected chi connectivity index (χ4v) is 2.26. The highest BCUT2D eigenvalue weighted by Crippen LogP contribution is 2.30. The molecule has 2 aromatic rings. The van der Waals surface area contributed by atoms with Gasteiger partial charge in [0.2, 0.25) is 5.91 Å². The van der Waals surface area contributed by atoms with E-state index in [9.17, 15) is 14.0 Å². The van der Waals surface area contributed by atoms with Crippen LogP contribution in [0.4, 0.5) is 10.1 Å². The zero-order valence-electron chi connectivity index (χ0n) is 12.5. The Morgan fingerprint density at radius 2 is 1.87 bits per heavy atom. The van der Waals surface area contributed by atoms with Gasteiger partial charge in [0.05, 0.1) is 0 Å². The predicted molar refractivity (Wildman–Crippen MR) is 85.4 cm³/mol. The van der Waals surface area contributed by atoms with Crippen molar-refractivity contribution >= 4 is 17.5 Å². The molecule has 1 aliphatic rings. The molecule has 0 bridgehead atoms. The van der Waals surface area contributed by atoms with Crippen LogP contribution < -0.4 is 10.6 Å². The van der Waals surface area contributed by atoms with Gasteiger partial charge in [-0.3, -0.25) is 9.59 Å². The number of nitrogens with one attached hydrogen (secondary N) is 2. The van der Waals surface area contributed by atoms with Gasteiger partial charge in [-0.25, -0.2) is 4.39 Å². The summed E-state index contributed by atoms with van der Waals surface area (Å²) in [5.41, 5.74) is 1.87. The quantitative estimate of drug-likeness (QED) is 0.891. The lowest BCUT2D eigenvalue weighted by Crippen LogP contribution is -2.23. The minimum absolute atomic E-state index is 0.0472. The maximum Gasteiger partial charge on any atom is 0.251 e. The van der Waals surface area contributed by atoms with Gasteiger partial charge in [0.15, 0.2) is 0 Å². The maximum atomic E-state index is 13.1. The molecule has 0 aromatic heterocycles. The van der Waals surface area contributed by atoms with Crippen molar-refractivity contribution in [1.29, 1.82) is 0 Å². The second-order valence-electron chi connectivity index (χ2n) is 5.66. The number of carbonyl (C=O) groups excluding carboxylic acids is 2. The van der Waals surface area contributed by atoms with E-state index in [1.54, 1.807) is 6.07 Å². The molecule has 0 radical (unpaired) electrons. The number of carbonyl (C=O) groups is 2. The molecule has 2 amide bonds. The van der Waals surface area contributed by atoms with Gasteiger partial charge in [0.1, 0.15) is 5.82 Å². The van der Waals surface area contributed by atoms with E-state index >= 15 is 0 Å². The van der Waals surface area contributed by atoms with Gasteiger partial charge in [0, 0.05) is 23.7 Å². The monoisotopic (exact) mass is 312 g/mol. The zero-order valence-corrected chi connectivity index (χ0v) is 12.5. The summed E-state index contributed by atoms with van der Waals surface area (Å²) in [7, 11) is 0. The third-order valence-corrected chi connectivity index (χ3v) is 3.68. The fraction of sp³-hybridized carbons (Fsp3) is 0.222. The van der Waals surface area contributed by atoms with Crippen LogP contribution in [0, 0.1) is 11.7 Å². The van der Waals surface area contributed by atoms with Gasteiger partial charge in [-0.15, -0.1) is 0 Å². The molecule has 0 unspecified atom stereocenters. The summed E-state index contributed by atoms with van der Waals surface area (Å²) >= 11 is 0. The lowest BCUT2D eigenvalue weighted by molar-refractivity contribution is -0.117. The van der Waals surface area contributed by atoms with Crippen molar-refractivity contribution in [2.45, 2.75) is 19.4 Å². The van der Waals surface area contributed by atoms with Crippen LogP contribution in [0.1, 0.15) is 28.8 Å². The minimum atomic E-state index is -0.442. The van der Waals surface area contributed by atoms with Gasteiger partial charge in [-0.2, -0.15) is 0 Å². The number of halogens is 1. The first kappa shape index (κ1) is 15.2. The summed E-state index contributed by atoms with van der Waals surface area (Å²) in [5.74, 6) is -0.586. The average molecular weight is 312 g/mol. The fourth-order valence-electron chi connectivity index (χ4n) is 2.26. The van der Waals surface area contributed by atoms with Crippen molar-refractivity contribution in [3.05, 3.63) is 65.5 Å². The van der Waals surface area contributed by atoms with Crippen molar-refractivity contribution in [2.75, 3.05) is 5.32 Å². The van der Waals surface area contributed by atoms with Gasteiger partial charge in [-0.1, -0.05) is 18.2 Å². The van der Waals surface area contributed by atoms with Gasteiger partial charge in [-0.05, 0) is 48.7 Å². The van der Waals surface area contributed by atoms with E-state index in [2.05, 4.69) is 10.6 Å². The molecular formula is C18H17FN2O2. The molecule has 0 heterocycles. The van der Waals surface area contributed by atoms with Crippen molar-refractivity contribution in [3.63, 3.8) is 0 Å². The molecule has 5 heteroatoms. The summed E-state index contributed by atoms with van der Waals surface area (Å²) in [4.78, 5) is 23.7. The second kappa shape index (κ2) is 6.60. The number of hydrogen-bond donors (Lipinski definition) is 2. The molecule has 0 atom stereocenters. The highest BCUT2D eigenvalue weighted by atomic mass is 19.1. The molecular weight excluding hydrogens is 295 g/mol. The van der Waals surface area contributed by atoms with Gasteiger partial charge >= 0.3 is 0 Å². The number of rotatable bonds is 5. The Morgan fingerprint density at radius 1 is 1.09 bits per heavy atom. The summed E-state index contributed by atoms with van der Waals surface area (Å²) in [6, 6.07) is 12.9. The average Bonchev–Trinajstić information content (AvgIpc) is 3.38. The molecule has 23 heavy (non-hydrogen) atoms. The van der Waals surface area contributed by atoms with Crippen LogP contribution in [0.3, 0.4) is 0 Å². The van der Waals surface area contributed by atoms with Crippen LogP contribution in [0.15, 0.2) is 48.5 Å². The largest absolute Gasteiger partial charge is 0.348 e. The molecule has 118 valence electrons. The molecule has 1 saturated carbocycles. The van der Waals surface area contributed by atoms with Crippen molar-refractivity contribution < 1.29 is 14.0 Å². The standard InChI is InChI=1S/C18H17FN2O2/c19-15-5-2-4-14(10-15)17(22)20-11-12-3-1-6-16(9-12)21-18(23)13-7-8-13/h1-6,9-10,13H,7-8,11H2,(H,20,22)(H,21,23). The first-order chi connectivity index (χ1) is 11.1. The minimum Gasteiger partial charge on any atom is -0.348 e. The van der Waals surface area contributed by atoms with E-state index < -0.39 is 5.82 Å². The normalized spacial score (nSPS) is 13.4. The summed E-state index contributed by atoms with van der Waals surface area (Å²) in [5, 5.41) is 5.61. The van der Waals surface area contributed by atoms with Crippen LogP contribution in [0.2, 0.25) is 0 Å². The highest BCUT2D eigenvalue weighted by Gasteiger charge is 2.29. The second-order valence-corrected chi connectivity index (χ2v) is 5.66. The van der Waals surface area contributed by atoms with E-state index in [1.807, 2.05) is 24.3 Å². The molecule has 3 rings (SSSR count). The Morgan fingerprint density at radius 3 is 2.61 bits per heavy atom. The Hall–Kier alpha value is -2.69. The van der Waals surface area contributed by atoms with Crippen molar-refractivity contribution in [3.8, 4) is 0 Å². The third-order valence-electron chi connectivity index (χ3n) is 3.68. The molecule has 4 nitrogen and oxygen atoms in total. The Kier molecular flexibility index (Phi) is 4.37. The van der Waals surface area contributed by atoms with Crippen LogP contribution in [-0.4, -0.2) is 11.8 Å². The number of amides is 2. The van der Waals surface area contributed by atoms with Gasteiger partial charge in [0.25, 0.3) is 5.91 Å². The molecule has 1 fully saturated rings. The van der Waals surface area contributed by atoms with E-state index in [0.29, 0.717) is 6.54 Å². The van der Waals surface area contributed by atoms with E-state index in [1.165, 1.54) is 18.2 Å². The van der Waals surface area contributed by atoms with E-state index in [-0.39, 0.29) is 23.3 Å². The molecule has 2 aromatic carbocycles. The summed E-state index contributed by atoms with van der Waals surface area (Å²) in [6.07, 6.45) is 1.91. The number of benzene rings is 2. The molecule has 0 spiro atoms.